The van der Waals surface area contributed by atoms with Crippen LogP contribution >= 0.6 is 0 Å². The molecule has 0 spiro atoms. The number of carbonyl (C=O) groups is 2. The van der Waals surface area contributed by atoms with Crippen LogP contribution in [-0.2, 0) is 9.57 Å². The molecule has 2 rings (SSSR count). The molecule has 0 unspecified atom stereocenters. The number of nitrogens with one attached hydrogen (secondary N) is 1. The van der Waals surface area contributed by atoms with Gasteiger partial charge >= 0.3 is 5.97 Å². The third-order valence-electron chi connectivity index (χ3n) is 3.19. The maximum atomic E-state index is 11.8. The minimum atomic E-state index is -0.399. The predicted octanol–water partition coefficient (Wildman–Crippen LogP) is 2.04. The van der Waals surface area contributed by atoms with E-state index in [2.05, 4.69) is 10.6 Å². The molecule has 0 atom stereocenters. The van der Waals surface area contributed by atoms with Gasteiger partial charge in [-0.15, -0.1) is 0 Å². The lowest BCUT2D eigenvalue weighted by Gasteiger charge is -2.07. The molecule has 0 bridgehead atoms. The average molecular weight is 317 g/mol. The molecule has 2 aromatic rings. The van der Waals surface area contributed by atoms with Crippen LogP contribution in [0, 0.1) is 6.92 Å². The maximum absolute atomic E-state index is 11.8. The summed E-state index contributed by atoms with van der Waals surface area (Å²) in [5, 5.41) is 4.20. The fraction of sp³-hybridized carbons (Fsp3) is 0.312. The van der Waals surface area contributed by atoms with Gasteiger partial charge in [0, 0.05) is 5.56 Å². The van der Waals surface area contributed by atoms with Gasteiger partial charge in [-0.05, 0) is 45.0 Å². The van der Waals surface area contributed by atoms with Gasteiger partial charge in [0.1, 0.15) is 5.56 Å². The van der Waals surface area contributed by atoms with Crippen LogP contribution in [-0.4, -0.2) is 34.9 Å². The van der Waals surface area contributed by atoms with Crippen molar-refractivity contribution in [2.45, 2.75) is 20.8 Å². The molecule has 0 fully saturated rings. The number of carbonyl (C=O) groups excluding carboxylic acids is 2. The number of benzene rings is 1. The fourth-order valence-corrected chi connectivity index (χ4v) is 2.03. The Morgan fingerprint density at radius 3 is 2.48 bits per heavy atom. The molecule has 7 nitrogen and oxygen atoms in total. The highest BCUT2D eigenvalue weighted by atomic mass is 16.6. The first-order chi connectivity index (χ1) is 11.1. The summed E-state index contributed by atoms with van der Waals surface area (Å²) in [5.74, 6) is -0.716. The van der Waals surface area contributed by atoms with E-state index in [1.807, 2.05) is 0 Å². The second-order valence-corrected chi connectivity index (χ2v) is 4.69. The van der Waals surface area contributed by atoms with Crippen LogP contribution in [0.3, 0.4) is 0 Å². The smallest absolute Gasteiger partial charge is 0.341 e. The van der Waals surface area contributed by atoms with E-state index in [-0.39, 0.29) is 5.91 Å². The number of hydrogen-bond donors (Lipinski definition) is 1. The van der Waals surface area contributed by atoms with E-state index in [0.717, 1.165) is 5.69 Å². The van der Waals surface area contributed by atoms with Crippen LogP contribution < -0.4 is 5.48 Å². The summed E-state index contributed by atoms with van der Waals surface area (Å²) in [6.45, 7) is 6.03. The monoisotopic (exact) mass is 317 g/mol. The van der Waals surface area contributed by atoms with E-state index >= 15 is 0 Å². The van der Waals surface area contributed by atoms with Crippen molar-refractivity contribution in [3.63, 3.8) is 0 Å². The molecule has 122 valence electrons. The first kappa shape index (κ1) is 16.7. The zero-order valence-corrected chi connectivity index (χ0v) is 13.3. The number of amides is 1. The summed E-state index contributed by atoms with van der Waals surface area (Å²) < 4.78 is 6.61. The van der Waals surface area contributed by atoms with Crippen molar-refractivity contribution in [3.05, 3.63) is 47.3 Å². The number of rotatable bonds is 6. The quantitative estimate of drug-likeness (QED) is 0.651. The summed E-state index contributed by atoms with van der Waals surface area (Å²) >= 11 is 0. The molecule has 1 N–H and O–H groups in total. The lowest BCUT2D eigenvalue weighted by Crippen LogP contribution is -2.23. The molecule has 1 aromatic carbocycles. The van der Waals surface area contributed by atoms with Gasteiger partial charge in [-0.25, -0.2) is 15.0 Å². The molecule has 0 aliphatic rings. The van der Waals surface area contributed by atoms with Crippen LogP contribution in [0.1, 0.15) is 40.3 Å². The molecule has 1 amide bonds. The van der Waals surface area contributed by atoms with Crippen molar-refractivity contribution in [2.24, 2.45) is 0 Å². The molecule has 0 aliphatic carbocycles. The predicted molar refractivity (Wildman–Crippen MR) is 83.3 cm³/mol. The van der Waals surface area contributed by atoms with E-state index in [0.29, 0.717) is 30.0 Å². The number of hydroxylamine groups is 1. The van der Waals surface area contributed by atoms with Gasteiger partial charge in [-0.2, -0.15) is 5.10 Å². The average Bonchev–Trinajstić information content (AvgIpc) is 2.94. The van der Waals surface area contributed by atoms with Crippen molar-refractivity contribution < 1.29 is 19.2 Å². The first-order valence-corrected chi connectivity index (χ1v) is 7.32. The lowest BCUT2D eigenvalue weighted by molar-refractivity contribution is 0.0364. The van der Waals surface area contributed by atoms with Crippen molar-refractivity contribution in [1.82, 2.24) is 15.3 Å². The van der Waals surface area contributed by atoms with E-state index in [1.54, 1.807) is 49.7 Å². The van der Waals surface area contributed by atoms with Crippen LogP contribution in [0.4, 0.5) is 0 Å². The molecule has 7 heteroatoms. The van der Waals surface area contributed by atoms with Gasteiger partial charge in [0.15, 0.2) is 0 Å². The molecular weight excluding hydrogens is 298 g/mol. The molecule has 0 aliphatic heterocycles. The van der Waals surface area contributed by atoms with Crippen molar-refractivity contribution in [3.8, 4) is 5.69 Å². The van der Waals surface area contributed by atoms with Gasteiger partial charge in [-0.3, -0.25) is 9.63 Å². The van der Waals surface area contributed by atoms with Crippen LogP contribution in [0.25, 0.3) is 5.69 Å². The summed E-state index contributed by atoms with van der Waals surface area (Å²) in [6.07, 6.45) is 1.48. The maximum Gasteiger partial charge on any atom is 0.341 e. The van der Waals surface area contributed by atoms with Crippen molar-refractivity contribution in [1.29, 1.82) is 0 Å². The fourth-order valence-electron chi connectivity index (χ4n) is 2.03. The van der Waals surface area contributed by atoms with Gasteiger partial charge in [-0.1, -0.05) is 0 Å². The standard InChI is InChI=1S/C16H19N3O4/c1-4-22-16(21)14-10-17-19(11(14)3)13-8-6-12(7-9-13)15(20)18-23-5-2/h6-10H,4-5H2,1-3H3,(H,18,20). The number of nitrogens with zero attached hydrogens (tertiary/aromatic N) is 2. The van der Waals surface area contributed by atoms with Gasteiger partial charge in [0.05, 0.1) is 30.8 Å². The van der Waals surface area contributed by atoms with E-state index < -0.39 is 5.97 Å². The number of esters is 1. The highest BCUT2D eigenvalue weighted by Gasteiger charge is 2.16. The number of aromatic nitrogens is 2. The molecule has 0 saturated heterocycles. The molecule has 1 aromatic heterocycles. The van der Waals surface area contributed by atoms with Crippen LogP contribution in [0.5, 0.6) is 0 Å². The zero-order valence-electron chi connectivity index (χ0n) is 13.3. The minimum Gasteiger partial charge on any atom is -0.462 e. The highest BCUT2D eigenvalue weighted by molar-refractivity contribution is 5.93. The Morgan fingerprint density at radius 2 is 1.87 bits per heavy atom. The third kappa shape index (κ3) is 3.75. The van der Waals surface area contributed by atoms with E-state index in [1.165, 1.54) is 6.20 Å². The summed E-state index contributed by atoms with van der Waals surface area (Å²) in [4.78, 5) is 28.4. The third-order valence-corrected chi connectivity index (χ3v) is 3.19. The summed E-state index contributed by atoms with van der Waals surface area (Å²) in [7, 11) is 0. The van der Waals surface area contributed by atoms with Crippen LogP contribution in [0.15, 0.2) is 30.5 Å². The molecule has 0 saturated carbocycles. The molecule has 0 radical (unpaired) electrons. The van der Waals surface area contributed by atoms with Crippen LogP contribution in [0.2, 0.25) is 0 Å². The van der Waals surface area contributed by atoms with Gasteiger partial charge in [0.25, 0.3) is 5.91 Å². The Kier molecular flexibility index (Phi) is 5.48. The molecular formula is C16H19N3O4. The molecule has 1 heterocycles. The Hall–Kier alpha value is -2.67. The normalized spacial score (nSPS) is 10.4. The van der Waals surface area contributed by atoms with Gasteiger partial charge in [0.2, 0.25) is 0 Å². The Bertz CT molecular complexity index is 692. The Labute approximate surface area is 134 Å². The minimum absolute atomic E-state index is 0.313. The summed E-state index contributed by atoms with van der Waals surface area (Å²) in [6, 6.07) is 6.81. The topological polar surface area (TPSA) is 82.5 Å². The summed E-state index contributed by atoms with van der Waals surface area (Å²) in [5.41, 5.74) is 4.64. The largest absolute Gasteiger partial charge is 0.462 e. The Balaban J connectivity index is 2.20. The van der Waals surface area contributed by atoms with Crippen molar-refractivity contribution in [2.75, 3.05) is 13.2 Å². The van der Waals surface area contributed by atoms with Gasteiger partial charge < -0.3 is 4.74 Å². The zero-order chi connectivity index (χ0) is 16.8. The van der Waals surface area contributed by atoms with E-state index in [4.69, 9.17) is 9.57 Å². The first-order valence-electron chi connectivity index (χ1n) is 7.32. The SMILES string of the molecule is CCONC(=O)c1ccc(-n2ncc(C(=O)OCC)c2C)cc1. The number of hydrogen-bond acceptors (Lipinski definition) is 5. The highest BCUT2D eigenvalue weighted by Crippen LogP contribution is 2.16. The Morgan fingerprint density at radius 1 is 1.17 bits per heavy atom. The van der Waals surface area contributed by atoms with Crippen molar-refractivity contribution >= 4 is 11.9 Å². The molecule has 23 heavy (non-hydrogen) atoms. The second-order valence-electron chi connectivity index (χ2n) is 4.69. The second kappa shape index (κ2) is 7.55. The lowest BCUT2D eigenvalue weighted by atomic mass is 10.2. The van der Waals surface area contributed by atoms with E-state index in [9.17, 15) is 9.59 Å². The number of ether oxygens (including phenoxy) is 1.